The molecular formula is C21H27NO5. The second-order valence-electron chi connectivity index (χ2n) is 7.38. The van der Waals surface area contributed by atoms with Crippen molar-refractivity contribution in [2.45, 2.75) is 45.3 Å². The van der Waals surface area contributed by atoms with Gasteiger partial charge in [-0.15, -0.1) is 0 Å². The Morgan fingerprint density at radius 3 is 2.44 bits per heavy atom. The highest BCUT2D eigenvalue weighted by molar-refractivity contribution is 6.19. The van der Waals surface area contributed by atoms with Crippen LogP contribution in [-0.2, 0) is 19.1 Å². The molecule has 0 radical (unpaired) electrons. The zero-order valence-corrected chi connectivity index (χ0v) is 16.0. The third kappa shape index (κ3) is 5.32. The lowest BCUT2D eigenvalue weighted by Crippen LogP contribution is -2.41. The highest BCUT2D eigenvalue weighted by atomic mass is 16.7. The molecule has 2 saturated heterocycles. The minimum atomic E-state index is -1.24. The van der Waals surface area contributed by atoms with Crippen molar-refractivity contribution >= 4 is 18.0 Å². The molecule has 0 N–H and O–H groups in total. The van der Waals surface area contributed by atoms with E-state index in [1.807, 2.05) is 18.2 Å². The molecule has 6 nitrogen and oxygen atoms in total. The predicted molar refractivity (Wildman–Crippen MR) is 101 cm³/mol. The Kier molecular flexibility index (Phi) is 6.16. The summed E-state index contributed by atoms with van der Waals surface area (Å²) in [5, 5.41) is 0. The monoisotopic (exact) mass is 373 g/mol. The molecule has 0 atom stereocenters. The first-order chi connectivity index (χ1) is 12.9. The van der Waals surface area contributed by atoms with E-state index in [-0.39, 0.29) is 5.57 Å². The number of rotatable bonds is 6. The Morgan fingerprint density at radius 1 is 1.07 bits per heavy atom. The molecule has 0 aliphatic carbocycles. The van der Waals surface area contributed by atoms with Crippen LogP contribution in [0.1, 0.15) is 45.1 Å². The molecular weight excluding hydrogens is 346 g/mol. The van der Waals surface area contributed by atoms with Crippen molar-refractivity contribution < 1.29 is 23.8 Å². The third-order valence-corrected chi connectivity index (χ3v) is 4.66. The summed E-state index contributed by atoms with van der Waals surface area (Å²) < 4.78 is 16.2. The van der Waals surface area contributed by atoms with Gasteiger partial charge in [0.15, 0.2) is 0 Å². The first kappa shape index (κ1) is 19.4. The summed E-state index contributed by atoms with van der Waals surface area (Å²) in [6.07, 6.45) is 6.29. The standard InChI is InChI=1S/C21H27NO5/c1-21(2)26-19(23)17(20(24)27-21)15-16-9-4-5-10-18(16)25-14-8-13-22-11-6-3-7-12-22/h4-5,9-10,15H,3,6-8,11-14H2,1-2H3. The smallest absolute Gasteiger partial charge is 0.348 e. The van der Waals surface area contributed by atoms with E-state index >= 15 is 0 Å². The van der Waals surface area contributed by atoms with Gasteiger partial charge >= 0.3 is 11.9 Å². The van der Waals surface area contributed by atoms with Crippen molar-refractivity contribution in [2.75, 3.05) is 26.2 Å². The number of piperidine rings is 1. The molecule has 1 aromatic rings. The number of likely N-dealkylation sites (tertiary alicyclic amines) is 1. The Bertz CT molecular complexity index is 697. The van der Waals surface area contributed by atoms with Gasteiger partial charge in [0.05, 0.1) is 6.61 Å². The average Bonchev–Trinajstić information content (AvgIpc) is 2.63. The van der Waals surface area contributed by atoms with Crippen LogP contribution in [0.15, 0.2) is 29.8 Å². The van der Waals surface area contributed by atoms with Crippen molar-refractivity contribution in [3.05, 3.63) is 35.4 Å². The summed E-state index contributed by atoms with van der Waals surface area (Å²) in [7, 11) is 0. The number of esters is 2. The number of cyclic esters (lactones) is 2. The van der Waals surface area contributed by atoms with E-state index < -0.39 is 17.7 Å². The van der Waals surface area contributed by atoms with Crippen LogP contribution < -0.4 is 4.74 Å². The number of carbonyl (C=O) groups excluding carboxylic acids is 2. The lowest BCUT2D eigenvalue weighted by Gasteiger charge is -2.29. The Balaban J connectivity index is 1.62. The maximum absolute atomic E-state index is 12.1. The van der Waals surface area contributed by atoms with E-state index in [1.54, 1.807) is 6.07 Å². The Hall–Kier alpha value is -2.34. The van der Waals surface area contributed by atoms with Crippen LogP contribution in [-0.4, -0.2) is 48.9 Å². The molecule has 0 amide bonds. The summed E-state index contributed by atoms with van der Waals surface area (Å²) in [4.78, 5) is 26.7. The molecule has 0 saturated carbocycles. The minimum Gasteiger partial charge on any atom is -0.493 e. The molecule has 27 heavy (non-hydrogen) atoms. The number of hydrogen-bond acceptors (Lipinski definition) is 6. The van der Waals surface area contributed by atoms with Crippen molar-refractivity contribution in [1.82, 2.24) is 4.90 Å². The molecule has 1 aromatic carbocycles. The molecule has 2 aliphatic rings. The van der Waals surface area contributed by atoms with E-state index in [4.69, 9.17) is 14.2 Å². The molecule has 2 fully saturated rings. The average molecular weight is 373 g/mol. The van der Waals surface area contributed by atoms with Crippen LogP contribution in [0.25, 0.3) is 6.08 Å². The van der Waals surface area contributed by atoms with Crippen molar-refractivity contribution in [1.29, 1.82) is 0 Å². The molecule has 2 heterocycles. The largest absolute Gasteiger partial charge is 0.493 e. The van der Waals surface area contributed by atoms with Crippen LogP contribution >= 0.6 is 0 Å². The lowest BCUT2D eigenvalue weighted by atomic mass is 10.1. The van der Waals surface area contributed by atoms with Gasteiger partial charge < -0.3 is 19.1 Å². The molecule has 2 aliphatic heterocycles. The predicted octanol–water partition coefficient (Wildman–Crippen LogP) is 3.16. The molecule has 0 unspecified atom stereocenters. The van der Waals surface area contributed by atoms with Gasteiger partial charge in [-0.2, -0.15) is 0 Å². The molecule has 0 spiro atoms. The SMILES string of the molecule is CC1(C)OC(=O)C(=Cc2ccccc2OCCCN2CCCCC2)C(=O)O1. The summed E-state index contributed by atoms with van der Waals surface area (Å²) in [5.41, 5.74) is 0.526. The molecule has 146 valence electrons. The van der Waals surface area contributed by atoms with Gasteiger partial charge in [0.1, 0.15) is 11.3 Å². The third-order valence-electron chi connectivity index (χ3n) is 4.66. The summed E-state index contributed by atoms with van der Waals surface area (Å²) in [5.74, 6) is -1.97. The number of hydrogen-bond donors (Lipinski definition) is 0. The summed E-state index contributed by atoms with van der Waals surface area (Å²) in [6, 6.07) is 7.32. The zero-order valence-electron chi connectivity index (χ0n) is 16.0. The van der Waals surface area contributed by atoms with E-state index in [9.17, 15) is 9.59 Å². The number of nitrogens with zero attached hydrogens (tertiary/aromatic N) is 1. The highest BCUT2D eigenvalue weighted by Gasteiger charge is 2.38. The second-order valence-corrected chi connectivity index (χ2v) is 7.38. The van der Waals surface area contributed by atoms with Crippen LogP contribution in [0.3, 0.4) is 0 Å². The van der Waals surface area contributed by atoms with Gasteiger partial charge in [-0.1, -0.05) is 24.6 Å². The van der Waals surface area contributed by atoms with Gasteiger partial charge in [0.25, 0.3) is 5.79 Å². The van der Waals surface area contributed by atoms with Crippen LogP contribution in [0, 0.1) is 0 Å². The van der Waals surface area contributed by atoms with Gasteiger partial charge in [-0.3, -0.25) is 0 Å². The van der Waals surface area contributed by atoms with Gasteiger partial charge in [0, 0.05) is 26.0 Å². The number of benzene rings is 1. The van der Waals surface area contributed by atoms with Crippen molar-refractivity contribution in [3.8, 4) is 5.75 Å². The maximum Gasteiger partial charge on any atom is 0.348 e. The first-order valence-corrected chi connectivity index (χ1v) is 9.57. The normalized spacial score (nSPS) is 20.0. The van der Waals surface area contributed by atoms with Crippen molar-refractivity contribution in [2.24, 2.45) is 0 Å². The van der Waals surface area contributed by atoms with Gasteiger partial charge in [0.2, 0.25) is 0 Å². The number of para-hydroxylation sites is 1. The fraction of sp³-hybridized carbons (Fsp3) is 0.524. The lowest BCUT2D eigenvalue weighted by molar-refractivity contribution is -0.222. The first-order valence-electron chi connectivity index (χ1n) is 9.57. The maximum atomic E-state index is 12.1. The molecule has 6 heteroatoms. The summed E-state index contributed by atoms with van der Waals surface area (Å²) in [6.45, 7) is 7.00. The number of ether oxygens (including phenoxy) is 3. The quantitative estimate of drug-likeness (QED) is 0.330. The van der Waals surface area contributed by atoms with E-state index in [0.717, 1.165) is 13.0 Å². The van der Waals surface area contributed by atoms with Crippen LogP contribution in [0.4, 0.5) is 0 Å². The minimum absolute atomic E-state index is 0.126. The zero-order chi connectivity index (χ0) is 19.3. The highest BCUT2D eigenvalue weighted by Crippen LogP contribution is 2.27. The topological polar surface area (TPSA) is 65.1 Å². The molecule has 3 rings (SSSR count). The van der Waals surface area contributed by atoms with Gasteiger partial charge in [-0.05, 0) is 44.5 Å². The van der Waals surface area contributed by atoms with Crippen LogP contribution in [0.2, 0.25) is 0 Å². The Morgan fingerprint density at radius 2 is 1.74 bits per heavy atom. The second kappa shape index (κ2) is 8.57. The fourth-order valence-electron chi connectivity index (χ4n) is 3.32. The fourth-order valence-corrected chi connectivity index (χ4v) is 3.32. The van der Waals surface area contributed by atoms with E-state index in [1.165, 1.54) is 52.3 Å². The van der Waals surface area contributed by atoms with E-state index in [0.29, 0.717) is 17.9 Å². The van der Waals surface area contributed by atoms with Crippen molar-refractivity contribution in [3.63, 3.8) is 0 Å². The summed E-state index contributed by atoms with van der Waals surface area (Å²) >= 11 is 0. The Labute approximate surface area is 160 Å². The molecule has 0 aromatic heterocycles. The number of carbonyl (C=O) groups is 2. The van der Waals surface area contributed by atoms with Gasteiger partial charge in [-0.25, -0.2) is 9.59 Å². The van der Waals surface area contributed by atoms with Crippen LogP contribution in [0.5, 0.6) is 5.75 Å². The molecule has 0 bridgehead atoms. The van der Waals surface area contributed by atoms with E-state index in [2.05, 4.69) is 4.90 Å².